The number of rotatable bonds is 3. The molecule has 5 rings (SSSR count). The van der Waals surface area contributed by atoms with Crippen molar-refractivity contribution in [3.05, 3.63) is 60.6 Å². The summed E-state index contributed by atoms with van der Waals surface area (Å²) in [6, 6.07) is 11.8. The molecule has 132 valence electrons. The smallest absolute Gasteiger partial charge is 0.256 e. The first-order valence-electron chi connectivity index (χ1n) is 8.79. The van der Waals surface area contributed by atoms with Crippen molar-refractivity contribution in [1.82, 2.24) is 14.9 Å². The Morgan fingerprint density at radius 3 is 3.00 bits per heavy atom. The molecule has 0 bridgehead atoms. The van der Waals surface area contributed by atoms with Crippen LogP contribution in [0.15, 0.2) is 55.0 Å². The molecule has 1 spiro atoms. The van der Waals surface area contributed by atoms with E-state index in [2.05, 4.69) is 9.97 Å². The van der Waals surface area contributed by atoms with E-state index < -0.39 is 0 Å². The molecular weight excluding hydrogens is 346 g/mol. The number of carbonyl (C=O) groups is 1. The number of aromatic nitrogens is 2. The van der Waals surface area contributed by atoms with Crippen LogP contribution in [0, 0.1) is 0 Å². The molecule has 2 saturated heterocycles. The summed E-state index contributed by atoms with van der Waals surface area (Å²) in [6.07, 6.45) is 6.49. The average Bonchev–Trinajstić information content (AvgIpc) is 3.25. The van der Waals surface area contributed by atoms with E-state index in [4.69, 9.17) is 4.74 Å². The number of fused-ring (bicyclic) bond motifs is 1. The highest BCUT2D eigenvalue weighted by Gasteiger charge is 2.51. The first-order chi connectivity index (χ1) is 12.7. The van der Waals surface area contributed by atoms with E-state index in [1.807, 2.05) is 59.3 Å². The highest BCUT2D eigenvalue weighted by atomic mass is 32.2. The van der Waals surface area contributed by atoms with Crippen molar-refractivity contribution in [2.75, 3.05) is 18.8 Å². The Balaban J connectivity index is 1.24. The highest BCUT2D eigenvalue weighted by Crippen LogP contribution is 2.46. The second-order valence-electron chi connectivity index (χ2n) is 7.04. The lowest BCUT2D eigenvalue weighted by Gasteiger charge is -2.47. The third kappa shape index (κ3) is 2.65. The molecule has 0 radical (unpaired) electrons. The van der Waals surface area contributed by atoms with Crippen LogP contribution in [0.25, 0.3) is 10.9 Å². The molecule has 0 unspecified atom stereocenters. The van der Waals surface area contributed by atoms with Gasteiger partial charge < -0.3 is 14.6 Å². The number of hydrogen-bond acceptors (Lipinski definition) is 4. The maximum absolute atomic E-state index is 12.9. The van der Waals surface area contributed by atoms with Crippen molar-refractivity contribution in [2.24, 2.45) is 0 Å². The predicted molar refractivity (Wildman–Crippen MR) is 103 cm³/mol. The molecule has 2 aliphatic heterocycles. The van der Waals surface area contributed by atoms with Gasteiger partial charge in [0.1, 0.15) is 11.9 Å². The van der Waals surface area contributed by atoms with E-state index in [0.717, 1.165) is 47.5 Å². The fourth-order valence-corrected chi connectivity index (χ4v) is 5.44. The molecular formula is C20H19N3O2S. The van der Waals surface area contributed by atoms with Gasteiger partial charge in [-0.3, -0.25) is 9.78 Å². The van der Waals surface area contributed by atoms with Gasteiger partial charge in [-0.15, -0.1) is 11.8 Å². The largest absolute Gasteiger partial charge is 0.488 e. The summed E-state index contributed by atoms with van der Waals surface area (Å²) in [5.74, 6) is 1.90. The number of carbonyl (C=O) groups excluding carboxylic acids is 1. The first kappa shape index (κ1) is 15.8. The summed E-state index contributed by atoms with van der Waals surface area (Å²) in [4.78, 5) is 22.1. The molecule has 1 amide bonds. The zero-order valence-electron chi connectivity index (χ0n) is 14.2. The van der Waals surface area contributed by atoms with Crippen molar-refractivity contribution < 1.29 is 9.53 Å². The van der Waals surface area contributed by atoms with E-state index in [1.165, 1.54) is 0 Å². The number of ether oxygens (including phenoxy) is 1. The summed E-state index contributed by atoms with van der Waals surface area (Å²) < 4.78 is 6.19. The van der Waals surface area contributed by atoms with Gasteiger partial charge in [-0.1, -0.05) is 18.2 Å². The summed E-state index contributed by atoms with van der Waals surface area (Å²) in [6.45, 7) is 1.59. The van der Waals surface area contributed by atoms with Crippen LogP contribution >= 0.6 is 11.8 Å². The number of pyridine rings is 1. The molecule has 26 heavy (non-hydrogen) atoms. The van der Waals surface area contributed by atoms with Crippen LogP contribution < -0.4 is 4.74 Å². The minimum absolute atomic E-state index is 0.116. The lowest BCUT2D eigenvalue weighted by Crippen LogP contribution is -2.60. The SMILES string of the molecule is O=C(c1c[nH]c2ccccc12)N1CC2(C[C@@H](Oc3cccnc3)CS2)C1. The lowest BCUT2D eigenvalue weighted by molar-refractivity contribution is 0.0520. The van der Waals surface area contributed by atoms with Crippen LogP contribution in [0.3, 0.4) is 0 Å². The van der Waals surface area contributed by atoms with Gasteiger partial charge in [0.05, 0.1) is 16.5 Å². The monoisotopic (exact) mass is 365 g/mol. The zero-order chi connectivity index (χ0) is 17.6. The summed E-state index contributed by atoms with van der Waals surface area (Å²) in [7, 11) is 0. The Bertz CT molecular complexity index is 950. The summed E-state index contributed by atoms with van der Waals surface area (Å²) in [5, 5.41) is 0.996. The Kier molecular flexibility index (Phi) is 3.67. The van der Waals surface area contributed by atoms with Crippen LogP contribution in [0.2, 0.25) is 0 Å². The molecule has 2 aromatic heterocycles. The van der Waals surface area contributed by atoms with Crippen LogP contribution in [-0.4, -0.2) is 50.5 Å². The minimum Gasteiger partial charge on any atom is -0.488 e. The number of nitrogens with zero attached hydrogens (tertiary/aromatic N) is 2. The Labute approximate surface area is 155 Å². The maximum atomic E-state index is 12.9. The van der Waals surface area contributed by atoms with E-state index >= 15 is 0 Å². The molecule has 3 aromatic rings. The van der Waals surface area contributed by atoms with Crippen LogP contribution in [0.4, 0.5) is 0 Å². The van der Waals surface area contributed by atoms with Crippen molar-refractivity contribution in [2.45, 2.75) is 17.3 Å². The number of hydrogen-bond donors (Lipinski definition) is 1. The summed E-state index contributed by atoms with van der Waals surface area (Å²) in [5.41, 5.74) is 1.77. The van der Waals surface area contributed by atoms with Crippen molar-refractivity contribution in [1.29, 1.82) is 0 Å². The van der Waals surface area contributed by atoms with E-state index in [-0.39, 0.29) is 16.8 Å². The second kappa shape index (κ2) is 6.06. The second-order valence-corrected chi connectivity index (χ2v) is 8.52. The van der Waals surface area contributed by atoms with Crippen LogP contribution in [0.5, 0.6) is 5.75 Å². The topological polar surface area (TPSA) is 58.2 Å². The van der Waals surface area contributed by atoms with Gasteiger partial charge in [0.15, 0.2) is 0 Å². The highest BCUT2D eigenvalue weighted by molar-refractivity contribution is 8.01. The number of para-hydroxylation sites is 1. The van der Waals surface area contributed by atoms with Gasteiger partial charge in [-0.05, 0) is 18.2 Å². The number of amides is 1. The third-order valence-corrected chi connectivity index (χ3v) is 6.75. The molecule has 1 N–H and O–H groups in total. The normalized spacial score (nSPS) is 21.1. The van der Waals surface area contributed by atoms with Crippen LogP contribution in [-0.2, 0) is 0 Å². The fourth-order valence-electron chi connectivity index (χ4n) is 3.92. The van der Waals surface area contributed by atoms with Crippen molar-refractivity contribution >= 4 is 28.6 Å². The Morgan fingerprint density at radius 2 is 2.15 bits per heavy atom. The predicted octanol–water partition coefficient (Wildman–Crippen LogP) is 3.34. The third-order valence-electron chi connectivity index (χ3n) is 5.18. The molecule has 1 aromatic carbocycles. The number of nitrogens with one attached hydrogen (secondary N) is 1. The number of benzene rings is 1. The molecule has 5 nitrogen and oxygen atoms in total. The molecule has 2 fully saturated rings. The quantitative estimate of drug-likeness (QED) is 0.773. The van der Waals surface area contributed by atoms with Crippen molar-refractivity contribution in [3.63, 3.8) is 0 Å². The Hall–Kier alpha value is -2.47. The lowest BCUT2D eigenvalue weighted by atomic mass is 9.92. The van der Waals surface area contributed by atoms with Gasteiger partial charge in [0, 0.05) is 48.6 Å². The minimum atomic E-state index is 0.116. The van der Waals surface area contributed by atoms with Crippen LogP contribution in [0.1, 0.15) is 16.8 Å². The molecule has 0 saturated carbocycles. The van der Waals surface area contributed by atoms with Gasteiger partial charge in [-0.2, -0.15) is 0 Å². The first-order valence-corrected chi connectivity index (χ1v) is 9.77. The standard InChI is InChI=1S/C20H19N3O2S/c24-19(17-10-22-18-6-2-1-5-16(17)18)23-12-20(13-23)8-15(11-26-20)25-14-4-3-7-21-9-14/h1-7,9-10,15,22H,8,11-13H2/t15-/m1/s1. The number of thioether (sulfide) groups is 1. The van der Waals surface area contributed by atoms with E-state index in [9.17, 15) is 4.79 Å². The van der Waals surface area contributed by atoms with Crippen molar-refractivity contribution in [3.8, 4) is 5.75 Å². The van der Waals surface area contributed by atoms with Gasteiger partial charge in [0.25, 0.3) is 5.91 Å². The number of aromatic amines is 1. The fraction of sp³-hybridized carbons (Fsp3) is 0.300. The maximum Gasteiger partial charge on any atom is 0.256 e. The molecule has 2 aliphatic rings. The number of likely N-dealkylation sites (tertiary alicyclic amines) is 1. The molecule has 4 heterocycles. The molecule has 6 heteroatoms. The summed E-state index contributed by atoms with van der Waals surface area (Å²) >= 11 is 1.93. The van der Waals surface area contributed by atoms with E-state index in [0.29, 0.717) is 0 Å². The van der Waals surface area contributed by atoms with E-state index in [1.54, 1.807) is 12.4 Å². The zero-order valence-corrected chi connectivity index (χ0v) is 15.0. The van der Waals surface area contributed by atoms with Gasteiger partial charge in [-0.25, -0.2) is 0 Å². The molecule has 1 atom stereocenters. The molecule has 0 aliphatic carbocycles. The average molecular weight is 365 g/mol. The van der Waals surface area contributed by atoms with Gasteiger partial charge in [0.2, 0.25) is 0 Å². The van der Waals surface area contributed by atoms with Gasteiger partial charge >= 0.3 is 0 Å². The Morgan fingerprint density at radius 1 is 1.27 bits per heavy atom. The number of H-pyrrole nitrogens is 1.